The molecule has 0 aliphatic heterocycles. The van der Waals surface area contributed by atoms with Crippen LogP contribution in [0.4, 0.5) is 0 Å². The third-order valence-electron chi connectivity index (χ3n) is 6.33. The molecule has 1 heterocycles. The summed E-state index contributed by atoms with van der Waals surface area (Å²) in [5.41, 5.74) is -1.37. The molecule has 37 heavy (non-hydrogen) atoms. The first kappa shape index (κ1) is 9.53. The van der Waals surface area contributed by atoms with Gasteiger partial charge >= 0.3 is 0 Å². The summed E-state index contributed by atoms with van der Waals surface area (Å²) >= 11 is 0. The predicted octanol–water partition coefficient (Wildman–Crippen LogP) is 10.4. The summed E-state index contributed by atoms with van der Waals surface area (Å²) in [6, 6.07) is -4.89. The summed E-state index contributed by atoms with van der Waals surface area (Å²) < 4.78 is 162. The lowest BCUT2D eigenvalue weighted by Gasteiger charge is -2.18. The molecule has 0 N–H and O–H groups in total. The molecule has 1 nitrogen and oxygen atoms in total. The first-order valence-electron chi connectivity index (χ1n) is 20.2. The van der Waals surface area contributed by atoms with Crippen molar-refractivity contribution in [3.05, 3.63) is 133 Å². The Bertz CT molecular complexity index is 3060. The van der Waals surface area contributed by atoms with Crippen LogP contribution in [0.3, 0.4) is 0 Å². The summed E-state index contributed by atoms with van der Waals surface area (Å²) in [5.74, 6) is 0. The molecule has 0 saturated heterocycles. The van der Waals surface area contributed by atoms with E-state index < -0.39 is 84.6 Å². The molecule has 0 radical (unpaired) electrons. The molecule has 0 bridgehead atoms. The summed E-state index contributed by atoms with van der Waals surface area (Å²) in [7, 11) is 0. The average Bonchev–Trinajstić information content (AvgIpc) is 3.55. The zero-order valence-corrected chi connectivity index (χ0v) is 18.7. The SMILES string of the molecule is [2H]c1cc2c(-c3c([2H])c([2H])c4c(oc5c([2H])c([2H])c([2H])c([2H])c54)c3[2H])c3cc([2H])c([2H])cc3c(-c3c([2H])c([2H])c4c([2H])c([2H])c([2H])c([2H])c4c3[2H])c2cc1[2H]. The van der Waals surface area contributed by atoms with E-state index >= 15 is 0 Å². The van der Waals surface area contributed by atoms with Gasteiger partial charge in [-0.15, -0.1) is 0 Å². The van der Waals surface area contributed by atoms with Crippen LogP contribution in [0.15, 0.2) is 137 Å². The molecule has 0 aliphatic carbocycles. The van der Waals surface area contributed by atoms with Crippen LogP contribution >= 0.6 is 0 Å². The number of para-hydroxylation sites is 1. The molecule has 0 fully saturated rings. The third-order valence-corrected chi connectivity index (χ3v) is 6.33. The van der Waals surface area contributed by atoms with E-state index in [-0.39, 0.29) is 101 Å². The molecule has 172 valence electrons. The molecule has 0 aliphatic rings. The summed E-state index contributed by atoms with van der Waals surface area (Å²) in [4.78, 5) is 0. The molecule has 0 spiro atoms. The maximum absolute atomic E-state index is 9.39. The molecular formula is C36H22O. The molecule has 0 amide bonds. The van der Waals surface area contributed by atoms with E-state index in [1.807, 2.05) is 0 Å². The highest BCUT2D eigenvalue weighted by Crippen LogP contribution is 2.45. The number of furan rings is 1. The minimum Gasteiger partial charge on any atom is -0.456 e. The van der Waals surface area contributed by atoms with Crippen molar-refractivity contribution >= 4 is 54.3 Å². The van der Waals surface area contributed by atoms with Crippen LogP contribution in [0, 0.1) is 0 Å². The third kappa shape index (κ3) is 3.04. The maximum Gasteiger partial charge on any atom is 0.136 e. The zero-order chi connectivity index (χ0) is 40.0. The van der Waals surface area contributed by atoms with E-state index in [0.717, 1.165) is 0 Å². The Morgan fingerprint density at radius 3 is 1.65 bits per heavy atom. The van der Waals surface area contributed by atoms with Gasteiger partial charge in [0.25, 0.3) is 0 Å². The van der Waals surface area contributed by atoms with Crippen LogP contribution in [0.2, 0.25) is 0 Å². The van der Waals surface area contributed by atoms with E-state index in [0.29, 0.717) is 0 Å². The highest BCUT2D eigenvalue weighted by molar-refractivity contribution is 6.22. The maximum atomic E-state index is 9.39. The second-order valence-electron chi connectivity index (χ2n) is 8.32. The predicted molar refractivity (Wildman–Crippen MR) is 157 cm³/mol. The Kier molecular flexibility index (Phi) is 2.01. The summed E-state index contributed by atoms with van der Waals surface area (Å²) in [5, 5.41) is -1.02. The van der Waals surface area contributed by atoms with Gasteiger partial charge in [0.15, 0.2) is 0 Å². The molecule has 0 atom stereocenters. The number of hydrogen-bond acceptors (Lipinski definition) is 1. The van der Waals surface area contributed by atoms with Crippen LogP contribution in [-0.4, -0.2) is 0 Å². The number of fused-ring (bicyclic) bond motifs is 6. The summed E-state index contributed by atoms with van der Waals surface area (Å²) in [6.45, 7) is 0. The van der Waals surface area contributed by atoms with E-state index in [2.05, 4.69) is 0 Å². The van der Waals surface area contributed by atoms with Gasteiger partial charge in [0.1, 0.15) is 11.2 Å². The van der Waals surface area contributed by atoms with Gasteiger partial charge in [0, 0.05) is 10.8 Å². The molecule has 1 heteroatoms. The van der Waals surface area contributed by atoms with Gasteiger partial charge in [-0.25, -0.2) is 0 Å². The number of rotatable bonds is 2. The van der Waals surface area contributed by atoms with Crippen molar-refractivity contribution in [1.82, 2.24) is 0 Å². The second-order valence-corrected chi connectivity index (χ2v) is 8.32. The van der Waals surface area contributed by atoms with Gasteiger partial charge in [-0.05, 0) is 78.7 Å². The van der Waals surface area contributed by atoms with Gasteiger partial charge in [-0.1, -0.05) is 109 Å². The van der Waals surface area contributed by atoms with E-state index in [1.165, 1.54) is 24.3 Å². The smallest absolute Gasteiger partial charge is 0.136 e. The molecule has 8 rings (SSSR count). The fraction of sp³-hybridized carbons (Fsp3) is 0. The fourth-order valence-corrected chi connectivity index (χ4v) is 4.75. The van der Waals surface area contributed by atoms with Gasteiger partial charge in [0.05, 0.1) is 24.7 Å². The Morgan fingerprint density at radius 1 is 0.405 bits per heavy atom. The lowest BCUT2D eigenvalue weighted by Crippen LogP contribution is -1.90. The quantitative estimate of drug-likeness (QED) is 0.221. The van der Waals surface area contributed by atoms with Crippen LogP contribution in [0.1, 0.15) is 24.7 Å². The molecule has 0 saturated carbocycles. The van der Waals surface area contributed by atoms with Gasteiger partial charge in [-0.3, -0.25) is 0 Å². The van der Waals surface area contributed by atoms with Crippen molar-refractivity contribution < 1.29 is 29.1 Å². The first-order valence-corrected chi connectivity index (χ1v) is 11.2. The van der Waals surface area contributed by atoms with Crippen LogP contribution in [0.25, 0.3) is 76.5 Å². The Hall–Kier alpha value is -4.88. The fourth-order valence-electron chi connectivity index (χ4n) is 4.75. The largest absolute Gasteiger partial charge is 0.456 e. The van der Waals surface area contributed by atoms with Gasteiger partial charge in [-0.2, -0.15) is 0 Å². The first-order chi connectivity index (χ1) is 25.8. The molecule has 7 aromatic carbocycles. The van der Waals surface area contributed by atoms with Crippen molar-refractivity contribution in [2.75, 3.05) is 0 Å². The summed E-state index contributed by atoms with van der Waals surface area (Å²) in [6.07, 6.45) is 0. The average molecular weight is 489 g/mol. The van der Waals surface area contributed by atoms with Crippen molar-refractivity contribution in [2.24, 2.45) is 0 Å². The molecular weight excluding hydrogens is 448 g/mol. The zero-order valence-electron chi connectivity index (χ0n) is 36.7. The van der Waals surface area contributed by atoms with Crippen LogP contribution < -0.4 is 0 Å². The lowest BCUT2D eigenvalue weighted by atomic mass is 9.85. The van der Waals surface area contributed by atoms with Crippen LogP contribution in [-0.2, 0) is 0 Å². The lowest BCUT2D eigenvalue weighted by molar-refractivity contribution is 0.669. The van der Waals surface area contributed by atoms with Crippen molar-refractivity contribution in [2.45, 2.75) is 0 Å². The topological polar surface area (TPSA) is 13.1 Å². The van der Waals surface area contributed by atoms with Crippen LogP contribution in [0.5, 0.6) is 0 Å². The highest BCUT2D eigenvalue weighted by atomic mass is 16.3. The molecule has 1 aromatic heterocycles. The monoisotopic (exact) mass is 488 g/mol. The number of benzene rings is 7. The van der Waals surface area contributed by atoms with E-state index in [9.17, 15) is 4.11 Å². The normalized spacial score (nSPS) is 18.6. The van der Waals surface area contributed by atoms with E-state index in [4.69, 9.17) is 25.0 Å². The van der Waals surface area contributed by atoms with E-state index in [1.54, 1.807) is 0 Å². The van der Waals surface area contributed by atoms with Gasteiger partial charge in [0.2, 0.25) is 0 Å². The minimum absolute atomic E-state index is 0.0248. The number of hydrogen-bond donors (Lipinski definition) is 0. The second kappa shape index (κ2) is 7.81. The standard InChI is InChI=1S/C36H22O/c1-2-10-24-21-25(18-17-23(24)9-1)35-29-12-3-5-14-31(29)36(32-15-6-4-13-30(32)35)26-19-20-28-27-11-7-8-16-33(27)37-34(28)22-26/h1-22H/i1D,2D,3D,4D,5D,6D,7D,8D,9D,10D,11D,16D,17D,18D,19D,20D,21D,22D. The Morgan fingerprint density at radius 2 is 0.946 bits per heavy atom. The molecule has 8 aromatic rings. The molecule has 0 unspecified atom stereocenters. The van der Waals surface area contributed by atoms with Crippen molar-refractivity contribution in [3.8, 4) is 22.3 Å². The van der Waals surface area contributed by atoms with Gasteiger partial charge < -0.3 is 4.42 Å². The minimum atomic E-state index is -0.676. The highest BCUT2D eigenvalue weighted by Gasteiger charge is 2.17. The Labute approximate surface area is 239 Å². The van der Waals surface area contributed by atoms with Crippen molar-refractivity contribution in [1.29, 1.82) is 0 Å². The van der Waals surface area contributed by atoms with Crippen molar-refractivity contribution in [3.63, 3.8) is 0 Å². The Balaban J connectivity index is 1.64.